The first-order valence-corrected chi connectivity index (χ1v) is 41.8. The molecule has 6 aromatic carbocycles. The minimum atomic E-state index is -0.401. The van der Waals surface area contributed by atoms with Gasteiger partial charge in [0.15, 0.2) is 11.3 Å². The Labute approximate surface area is 692 Å². The van der Waals surface area contributed by atoms with Crippen molar-refractivity contribution in [2.45, 2.75) is 190 Å². The van der Waals surface area contributed by atoms with Gasteiger partial charge in [-0.2, -0.15) is 10.2 Å². The highest BCUT2D eigenvalue weighted by Crippen LogP contribution is 2.35. The number of anilines is 2. The van der Waals surface area contributed by atoms with E-state index in [1.165, 1.54) is 5.56 Å². The van der Waals surface area contributed by atoms with Crippen molar-refractivity contribution < 1.29 is 43.0 Å². The van der Waals surface area contributed by atoms with E-state index in [0.29, 0.717) is 99.3 Å². The summed E-state index contributed by atoms with van der Waals surface area (Å²) in [6, 6.07) is 44.0. The molecule has 0 unspecified atom stereocenters. The van der Waals surface area contributed by atoms with Crippen LogP contribution in [0.4, 0.5) is 16.2 Å². The van der Waals surface area contributed by atoms with E-state index in [2.05, 4.69) is 122 Å². The van der Waals surface area contributed by atoms with E-state index in [1.807, 2.05) is 137 Å². The Balaban J connectivity index is 0.000000187. The van der Waals surface area contributed by atoms with Crippen LogP contribution in [0.1, 0.15) is 190 Å². The SMILES string of the molecule is CCc1nc2c(cnn2CC)c(NC2CCOCC2)c1CNC(=O)c1cc(C)cc(C(=O)NCc2cccc(-c3cccc(C=O)c3)c2)c1.CCc1nc2c(cnn2CC)c(NC2CCOCC2)c1CNC(=O)c1cc(C)cc(C(=O)NCc2cccc(-c3cccc(CN4CCN[C@@H](C)C4)c3)c2)c1.C[C@H]1CNCCN1C(=O)OC(C)(C)C. The fourth-order valence-electron chi connectivity index (χ4n) is 15.6. The number of aldehydes is 1. The number of aromatic nitrogens is 6. The summed E-state index contributed by atoms with van der Waals surface area (Å²) in [6.07, 6.45) is 9.35. The number of pyridine rings is 2. The van der Waals surface area contributed by atoms with E-state index in [-0.39, 0.29) is 60.9 Å². The minimum absolute atomic E-state index is 0.202. The number of ether oxygens (including phenoxy) is 3. The van der Waals surface area contributed by atoms with Crippen molar-refractivity contribution >= 4 is 69.4 Å². The largest absolute Gasteiger partial charge is 0.444 e. The van der Waals surface area contributed by atoms with Crippen molar-refractivity contribution in [3.8, 4) is 22.3 Å². The third kappa shape index (κ3) is 22.7. The number of rotatable bonds is 25. The number of hydrogen-bond acceptors (Lipinski definition) is 18. The van der Waals surface area contributed by atoms with E-state index >= 15 is 0 Å². The Morgan fingerprint density at radius 3 is 1.40 bits per heavy atom. The van der Waals surface area contributed by atoms with Crippen LogP contribution in [0, 0.1) is 13.8 Å². The van der Waals surface area contributed by atoms with Gasteiger partial charge in [0.1, 0.15) is 11.9 Å². The van der Waals surface area contributed by atoms with Crippen molar-refractivity contribution in [3.63, 3.8) is 0 Å². The lowest BCUT2D eigenvalue weighted by molar-refractivity contribution is 0.0140. The summed E-state index contributed by atoms with van der Waals surface area (Å²) >= 11 is 0. The summed E-state index contributed by atoms with van der Waals surface area (Å²) in [6.45, 7) is 33.9. The number of amides is 5. The number of nitrogens with one attached hydrogen (secondary N) is 8. The number of hydrogen-bond donors (Lipinski definition) is 8. The normalized spacial score (nSPS) is 16.0. The molecule has 4 saturated heterocycles. The number of piperazine rings is 2. The summed E-state index contributed by atoms with van der Waals surface area (Å²) in [5.74, 6) is -1.02. The zero-order chi connectivity index (χ0) is 83.4. The number of fused-ring (bicyclic) bond motifs is 2. The molecule has 8 heterocycles. The van der Waals surface area contributed by atoms with Crippen LogP contribution in [-0.2, 0) is 72.9 Å². The number of benzene rings is 6. The second-order valence-electron chi connectivity index (χ2n) is 32.1. The molecule has 25 heteroatoms. The Morgan fingerprint density at radius 2 is 0.975 bits per heavy atom. The van der Waals surface area contributed by atoms with E-state index in [4.69, 9.17) is 24.2 Å². The van der Waals surface area contributed by atoms with Gasteiger partial charge in [-0.15, -0.1) is 0 Å². The predicted molar refractivity (Wildman–Crippen MR) is 464 cm³/mol. The van der Waals surface area contributed by atoms with Crippen LogP contribution in [0.2, 0.25) is 0 Å². The van der Waals surface area contributed by atoms with Crippen molar-refractivity contribution in [1.82, 2.24) is 71.2 Å². The first-order chi connectivity index (χ1) is 57.0. The lowest BCUT2D eigenvalue weighted by atomic mass is 10.0. The Morgan fingerprint density at radius 1 is 0.542 bits per heavy atom. The van der Waals surface area contributed by atoms with Crippen molar-refractivity contribution in [1.29, 1.82) is 0 Å². The molecule has 4 aliphatic rings. The molecule has 4 aliphatic heterocycles. The second kappa shape index (κ2) is 40.8. The highest BCUT2D eigenvalue weighted by molar-refractivity contribution is 6.02. The molecular formula is C93H116N16O9. The minimum Gasteiger partial charge on any atom is -0.444 e. The molecule has 5 amide bonds. The first kappa shape index (κ1) is 86.1. The zero-order valence-corrected chi connectivity index (χ0v) is 70.3. The van der Waals surface area contributed by atoms with Crippen LogP contribution >= 0.6 is 0 Å². The zero-order valence-electron chi connectivity index (χ0n) is 70.3. The summed E-state index contributed by atoms with van der Waals surface area (Å²) in [5.41, 5.74) is 18.2. The summed E-state index contributed by atoms with van der Waals surface area (Å²) in [5, 5.41) is 37.7. The lowest BCUT2D eigenvalue weighted by Crippen LogP contribution is -2.53. The molecule has 118 heavy (non-hydrogen) atoms. The highest BCUT2D eigenvalue weighted by atomic mass is 16.6. The molecule has 25 nitrogen and oxygen atoms in total. The van der Waals surface area contributed by atoms with Crippen molar-refractivity contribution in [3.05, 3.63) is 224 Å². The summed E-state index contributed by atoms with van der Waals surface area (Å²) in [4.78, 5) is 91.4. The molecular weight excluding hydrogens is 1490 g/mol. The van der Waals surface area contributed by atoms with Crippen LogP contribution < -0.4 is 42.5 Å². The second-order valence-corrected chi connectivity index (χ2v) is 32.1. The van der Waals surface area contributed by atoms with Crippen LogP contribution in [-0.4, -0.2) is 171 Å². The van der Waals surface area contributed by atoms with Crippen LogP contribution in [0.5, 0.6) is 0 Å². The molecule has 622 valence electrons. The molecule has 2 atom stereocenters. The Kier molecular flexibility index (Phi) is 29.8. The molecule has 0 saturated carbocycles. The van der Waals surface area contributed by atoms with Gasteiger partial charge in [0.2, 0.25) is 0 Å². The van der Waals surface area contributed by atoms with Crippen LogP contribution in [0.25, 0.3) is 44.3 Å². The van der Waals surface area contributed by atoms with Gasteiger partial charge in [0.05, 0.1) is 34.5 Å². The molecule has 14 rings (SSSR count). The maximum Gasteiger partial charge on any atom is 0.410 e. The van der Waals surface area contributed by atoms with Gasteiger partial charge in [-0.25, -0.2) is 24.1 Å². The van der Waals surface area contributed by atoms with Gasteiger partial charge >= 0.3 is 6.09 Å². The quantitative estimate of drug-likeness (QED) is 0.0247. The molecule has 0 spiro atoms. The van der Waals surface area contributed by atoms with Gasteiger partial charge in [0, 0.05) is 186 Å². The van der Waals surface area contributed by atoms with E-state index in [9.17, 15) is 28.8 Å². The van der Waals surface area contributed by atoms with E-state index in [0.717, 1.165) is 178 Å². The smallest absolute Gasteiger partial charge is 0.410 e. The number of nitrogens with zero attached hydrogens (tertiary/aromatic N) is 8. The summed E-state index contributed by atoms with van der Waals surface area (Å²) in [7, 11) is 0. The topological polar surface area (TPSA) is 294 Å². The third-order valence-electron chi connectivity index (χ3n) is 21.8. The summed E-state index contributed by atoms with van der Waals surface area (Å²) < 4.78 is 20.3. The third-order valence-corrected chi connectivity index (χ3v) is 21.8. The highest BCUT2D eigenvalue weighted by Gasteiger charge is 2.30. The van der Waals surface area contributed by atoms with Crippen LogP contribution in [0.15, 0.2) is 146 Å². The van der Waals surface area contributed by atoms with Gasteiger partial charge in [-0.05, 0) is 212 Å². The number of carbonyl (C=O) groups excluding carboxylic acids is 6. The van der Waals surface area contributed by atoms with Gasteiger partial charge in [-0.1, -0.05) is 86.6 Å². The van der Waals surface area contributed by atoms with E-state index < -0.39 is 5.60 Å². The standard InChI is InChI=1S/C44H54N8O3.C39H42N6O4.C10H20N2O2/c1-5-40-38(41(49-37-13-17-55-18-14-37)39-26-48-52(6-2)42(39)50-40)25-47-44(54)36-20-29(3)19-35(23-36)43(53)46-24-31-9-7-11-33(21-31)34-12-8-10-32(22-34)28-51-16-15-45-30(4)27-51;1-4-35-33(36(43-32-12-14-49-15-13-32)34-23-42-45(5-2)37(34)44-35)22-41-39(48)31-17-25(3)16-30(20-31)38(47)40-21-26-8-6-10-28(18-26)29-11-7-9-27(19-29)24-46;1-8-7-11-5-6-12(8)9(13)14-10(2,3)4/h7-12,19-23,26,30,37,45H,5-6,13-18,24-25,27-28H2,1-4H3,(H,46,53)(H,47,54)(H,49,50);6-11,16-20,23-24,32H,4-5,12-15,21-22H2,1-3H3,(H,40,47)(H,41,48)(H,43,44);8,11H,5-7H2,1-4H3/t30-;;8-/m0.0/s1. The fourth-order valence-corrected chi connectivity index (χ4v) is 15.6. The molecule has 4 aromatic heterocycles. The maximum atomic E-state index is 13.7. The molecule has 8 N–H and O–H groups in total. The molecule has 0 radical (unpaired) electrons. The lowest BCUT2D eigenvalue weighted by Gasteiger charge is -2.35. The average Bonchev–Trinajstić information content (AvgIpc) is 1.63. The van der Waals surface area contributed by atoms with Crippen LogP contribution in [0.3, 0.4) is 0 Å². The molecule has 0 bridgehead atoms. The monoisotopic (exact) mass is 1600 g/mol. The maximum absolute atomic E-state index is 13.7. The molecule has 0 aliphatic carbocycles. The average molecular weight is 1600 g/mol. The van der Waals surface area contributed by atoms with Gasteiger partial charge < -0.3 is 61.6 Å². The van der Waals surface area contributed by atoms with Gasteiger partial charge in [0.25, 0.3) is 23.6 Å². The van der Waals surface area contributed by atoms with E-state index in [1.54, 1.807) is 35.2 Å². The molecule has 10 aromatic rings. The Bertz CT molecular complexity index is 5170. The fraction of sp³-hybridized carbons (Fsp3) is 0.419. The number of aryl methyl sites for hydroxylation is 6. The van der Waals surface area contributed by atoms with Crippen molar-refractivity contribution in [2.24, 2.45) is 0 Å². The predicted octanol–water partition coefficient (Wildman–Crippen LogP) is 13.7. The van der Waals surface area contributed by atoms with Gasteiger partial charge in [-0.3, -0.25) is 28.9 Å². The Hall–Kier alpha value is -11.2. The van der Waals surface area contributed by atoms with Crippen molar-refractivity contribution in [2.75, 3.05) is 76.3 Å². The molecule has 4 fully saturated rings. The first-order valence-electron chi connectivity index (χ1n) is 41.8. The number of carbonyl (C=O) groups is 6.